The first-order chi connectivity index (χ1) is 22.0. The van der Waals surface area contributed by atoms with Crippen LogP contribution in [0, 0.1) is 11.8 Å². The van der Waals surface area contributed by atoms with E-state index in [0.717, 1.165) is 42.1 Å². The van der Waals surface area contributed by atoms with Gasteiger partial charge in [-0.3, -0.25) is 4.79 Å². The monoisotopic (exact) mass is 673 g/mol. The number of aryl methyl sites for hydroxylation is 1. The number of aliphatic hydroxyl groups is 2. The Morgan fingerprint density at radius 1 is 1.22 bits per heavy atom. The molecule has 3 N–H and O–H groups in total. The number of methoxy groups -OCH3 is 1. The number of ether oxygens (including phenoxy) is 2. The molecule has 46 heavy (non-hydrogen) atoms. The maximum Gasteiger partial charge on any atom is 0.304 e. The smallest absolute Gasteiger partial charge is 0.304 e. The summed E-state index contributed by atoms with van der Waals surface area (Å²) in [5.41, 5.74) is 3.06. The number of anilines is 1. The summed E-state index contributed by atoms with van der Waals surface area (Å²) >= 11 is 6.40. The fourth-order valence-electron chi connectivity index (χ4n) is 7.69. The van der Waals surface area contributed by atoms with Crippen LogP contribution in [0.4, 0.5) is 5.69 Å². The van der Waals surface area contributed by atoms with Crippen LogP contribution in [0.1, 0.15) is 60.5 Å². The van der Waals surface area contributed by atoms with Crippen molar-refractivity contribution in [1.29, 1.82) is 0 Å². The molecule has 0 radical (unpaired) electrons. The zero-order chi connectivity index (χ0) is 32.6. The van der Waals surface area contributed by atoms with Crippen LogP contribution in [0.15, 0.2) is 48.6 Å². The summed E-state index contributed by atoms with van der Waals surface area (Å²) in [5, 5.41) is 22.4. The molecular formula is C34H44ClN3O7S. The number of amides is 1. The first-order valence-corrected chi connectivity index (χ1v) is 18.0. The lowest BCUT2D eigenvalue weighted by Gasteiger charge is -2.45. The van der Waals surface area contributed by atoms with Crippen molar-refractivity contribution in [3.8, 4) is 5.75 Å². The molecule has 1 saturated carbocycles. The molecule has 6 rings (SSSR count). The van der Waals surface area contributed by atoms with Gasteiger partial charge in [0.05, 0.1) is 31.1 Å². The highest BCUT2D eigenvalue weighted by molar-refractivity contribution is 7.87. The summed E-state index contributed by atoms with van der Waals surface area (Å²) in [6.45, 7) is 3.15. The molecule has 250 valence electrons. The number of β-amino-alcohol motifs (C(OH)–C–C–N with tert-alkyl or cyclic N) is 1. The molecule has 2 aliphatic carbocycles. The van der Waals surface area contributed by atoms with Crippen molar-refractivity contribution in [2.45, 2.75) is 69.1 Å². The van der Waals surface area contributed by atoms with Crippen LogP contribution in [0.3, 0.4) is 0 Å². The number of benzene rings is 2. The van der Waals surface area contributed by atoms with Crippen LogP contribution in [0.5, 0.6) is 5.75 Å². The van der Waals surface area contributed by atoms with Crippen LogP contribution in [0.2, 0.25) is 5.02 Å². The third-order valence-electron chi connectivity index (χ3n) is 10.3. The highest BCUT2D eigenvalue weighted by Gasteiger charge is 2.44. The van der Waals surface area contributed by atoms with Crippen molar-refractivity contribution in [2.75, 3.05) is 44.9 Å². The third-order valence-corrected chi connectivity index (χ3v) is 12.1. The highest BCUT2D eigenvalue weighted by atomic mass is 35.5. The van der Waals surface area contributed by atoms with E-state index in [2.05, 4.69) is 21.8 Å². The fraction of sp³-hybridized carbons (Fsp3) is 0.559. The minimum atomic E-state index is -4.37. The number of nitrogens with one attached hydrogen (secondary N) is 1. The molecule has 0 aromatic heterocycles. The van der Waals surface area contributed by atoms with E-state index in [0.29, 0.717) is 30.5 Å². The Morgan fingerprint density at radius 2 is 2.04 bits per heavy atom. The van der Waals surface area contributed by atoms with Crippen molar-refractivity contribution in [1.82, 2.24) is 9.03 Å². The molecule has 2 aromatic rings. The van der Waals surface area contributed by atoms with E-state index in [1.54, 1.807) is 37.3 Å². The van der Waals surface area contributed by atoms with Crippen molar-refractivity contribution >= 4 is 33.4 Å². The second kappa shape index (κ2) is 13.4. The van der Waals surface area contributed by atoms with Gasteiger partial charge in [-0.05, 0) is 98.7 Å². The Kier molecular flexibility index (Phi) is 9.72. The number of carbonyl (C=O) groups is 1. The Hall–Kier alpha value is -2.67. The molecular weight excluding hydrogens is 630 g/mol. The maximum atomic E-state index is 13.6. The molecule has 2 aliphatic heterocycles. The van der Waals surface area contributed by atoms with Gasteiger partial charge in [0.25, 0.3) is 5.91 Å². The van der Waals surface area contributed by atoms with Gasteiger partial charge in [0, 0.05) is 48.8 Å². The molecule has 0 saturated heterocycles. The van der Waals surface area contributed by atoms with Gasteiger partial charge in [0.2, 0.25) is 0 Å². The van der Waals surface area contributed by atoms with Gasteiger partial charge in [-0.25, -0.2) is 4.72 Å². The molecule has 4 aliphatic rings. The van der Waals surface area contributed by atoms with Gasteiger partial charge in [-0.15, -0.1) is 0 Å². The Morgan fingerprint density at radius 3 is 2.80 bits per heavy atom. The van der Waals surface area contributed by atoms with Gasteiger partial charge < -0.3 is 24.6 Å². The highest BCUT2D eigenvalue weighted by Crippen LogP contribution is 2.46. The summed E-state index contributed by atoms with van der Waals surface area (Å²) in [7, 11) is -2.95. The van der Waals surface area contributed by atoms with E-state index >= 15 is 0 Å². The lowest BCUT2D eigenvalue weighted by atomic mass is 9.68. The van der Waals surface area contributed by atoms with Crippen LogP contribution in [-0.2, 0) is 26.8 Å². The summed E-state index contributed by atoms with van der Waals surface area (Å²) in [6, 6.07) is 10.6. The van der Waals surface area contributed by atoms with Gasteiger partial charge in [0.15, 0.2) is 0 Å². The average molecular weight is 674 g/mol. The van der Waals surface area contributed by atoms with Gasteiger partial charge in [-0.2, -0.15) is 12.7 Å². The van der Waals surface area contributed by atoms with E-state index in [-0.39, 0.29) is 42.4 Å². The van der Waals surface area contributed by atoms with Crippen molar-refractivity contribution in [3.05, 3.63) is 70.3 Å². The largest absolute Gasteiger partial charge is 0.490 e. The van der Waals surface area contributed by atoms with E-state index in [4.69, 9.17) is 21.1 Å². The fourth-order valence-corrected chi connectivity index (χ4v) is 9.28. The summed E-state index contributed by atoms with van der Waals surface area (Å²) < 4.78 is 42.2. The number of hydrogen-bond donors (Lipinski definition) is 3. The van der Waals surface area contributed by atoms with E-state index < -0.39 is 34.4 Å². The van der Waals surface area contributed by atoms with E-state index in [9.17, 15) is 23.4 Å². The molecule has 2 bridgehead atoms. The second-order valence-electron chi connectivity index (χ2n) is 13.4. The number of fused-ring (bicyclic) bond motifs is 4. The van der Waals surface area contributed by atoms with Gasteiger partial charge in [0.1, 0.15) is 5.75 Å². The Balaban J connectivity index is 1.40. The average Bonchev–Trinajstić information content (AvgIpc) is 3.14. The number of hydrogen-bond acceptors (Lipinski definition) is 8. The summed E-state index contributed by atoms with van der Waals surface area (Å²) in [6.07, 6.45) is 6.81. The van der Waals surface area contributed by atoms with Crippen LogP contribution in [0.25, 0.3) is 0 Å². The predicted molar refractivity (Wildman–Crippen MR) is 177 cm³/mol. The number of carbonyl (C=O) groups excluding carboxylic acids is 1. The van der Waals surface area contributed by atoms with E-state index in [1.165, 1.54) is 18.2 Å². The van der Waals surface area contributed by atoms with Gasteiger partial charge in [-0.1, -0.05) is 29.8 Å². The van der Waals surface area contributed by atoms with Crippen molar-refractivity contribution in [2.24, 2.45) is 11.8 Å². The summed E-state index contributed by atoms with van der Waals surface area (Å²) in [4.78, 5) is 15.9. The second-order valence-corrected chi connectivity index (χ2v) is 15.5. The van der Waals surface area contributed by atoms with Crippen molar-refractivity contribution < 1.29 is 32.9 Å². The first-order valence-electron chi connectivity index (χ1n) is 16.2. The number of halogens is 1. The molecule has 1 spiro atoms. The summed E-state index contributed by atoms with van der Waals surface area (Å²) in [5.74, 6) is 0.139. The molecule has 2 aromatic carbocycles. The number of rotatable bonds is 4. The quantitative estimate of drug-likeness (QED) is 0.418. The zero-order valence-corrected chi connectivity index (χ0v) is 28.0. The standard InChI is InChI=1S/C34H44ClN3O7S/c1-22-5-3-7-31(40)28-11-8-25(28)17-37-20-34(14-4-6-23-15-26(35)10-12-29(23)34)21-45-32-13-9-24(16-30(32)37)33(41)36-46(42,43)38(22)18-27(39)19-44-2/h3,7,9-10,12-13,15-16,22,25,27-28,31,39-40H,4-6,8,11,14,17-21H2,1-2H3,(H,36,41)/b7-3+/t22-,25?,27+,28?,31-,34-/m0/s1. The Bertz CT molecular complexity index is 1590. The molecule has 6 atom stereocenters. The predicted octanol–water partition coefficient (Wildman–Crippen LogP) is 3.83. The zero-order valence-electron chi connectivity index (χ0n) is 26.4. The van der Waals surface area contributed by atoms with Crippen LogP contribution >= 0.6 is 11.6 Å². The van der Waals surface area contributed by atoms with Crippen molar-refractivity contribution in [3.63, 3.8) is 0 Å². The number of aliphatic hydroxyl groups excluding tert-OH is 2. The van der Waals surface area contributed by atoms with E-state index in [1.807, 2.05) is 6.07 Å². The lowest BCUT2D eigenvalue weighted by Crippen LogP contribution is -2.51. The molecule has 1 fully saturated rings. The normalized spacial score (nSPS) is 31.0. The molecule has 2 heterocycles. The Labute approximate surface area is 276 Å². The van der Waals surface area contributed by atoms with Crippen LogP contribution < -0.4 is 14.4 Å². The molecule has 2 unspecified atom stereocenters. The minimum absolute atomic E-state index is 0.0512. The SMILES string of the molecule is COC[C@H](O)CN1[C@@H](C)C/C=C/[C@H](O)C2CCC2CN2C[C@@]3(CCCc4cc(Cl)ccc43)COc3ccc(cc32)C(=O)NS1(=O)=O. The molecule has 1 amide bonds. The minimum Gasteiger partial charge on any atom is -0.490 e. The third kappa shape index (κ3) is 6.68. The maximum absolute atomic E-state index is 13.6. The van der Waals surface area contributed by atoms with Crippen LogP contribution in [-0.4, -0.2) is 87.1 Å². The molecule has 12 heteroatoms. The lowest BCUT2D eigenvalue weighted by molar-refractivity contribution is 0.0448. The first kappa shape index (κ1) is 33.2. The molecule has 10 nitrogen and oxygen atoms in total. The number of nitrogens with zero attached hydrogens (tertiary/aromatic N) is 2. The topological polar surface area (TPSA) is 129 Å². The van der Waals surface area contributed by atoms with Gasteiger partial charge >= 0.3 is 10.2 Å².